The minimum absolute atomic E-state index is 0.0143. The molecule has 2 aromatic rings. The summed E-state index contributed by atoms with van der Waals surface area (Å²) in [6, 6.07) is 17.7. The van der Waals surface area contributed by atoms with E-state index in [0.29, 0.717) is 51.2 Å². The number of carbonyl (C=O) groups excluding carboxylic acids is 3. The maximum Gasteiger partial charge on any atom is 0.358 e. The number of hydrogen-bond acceptors (Lipinski definition) is 8. The van der Waals surface area contributed by atoms with Crippen molar-refractivity contribution in [1.82, 2.24) is 20.5 Å². The van der Waals surface area contributed by atoms with Crippen molar-refractivity contribution >= 4 is 17.8 Å². The van der Waals surface area contributed by atoms with Crippen LogP contribution in [0.15, 0.2) is 60.7 Å². The smallest absolute Gasteiger partial charge is 0.358 e. The van der Waals surface area contributed by atoms with E-state index >= 15 is 0 Å². The average Bonchev–Trinajstić information content (AvgIpc) is 3.36. The maximum atomic E-state index is 12.9. The number of piperazine rings is 1. The molecule has 2 fully saturated rings. The molecule has 0 saturated carbocycles. The number of nitrogens with one attached hydrogen (secondary N) is 2. The second kappa shape index (κ2) is 15.7. The minimum atomic E-state index is -0.935. The van der Waals surface area contributed by atoms with Crippen molar-refractivity contribution in [1.29, 1.82) is 0 Å². The number of hydrogen-bond donors (Lipinski definition) is 3. The van der Waals surface area contributed by atoms with Crippen molar-refractivity contribution in [2.45, 2.75) is 64.3 Å². The van der Waals surface area contributed by atoms with E-state index in [1.165, 1.54) is 6.92 Å². The number of hydrazine groups is 1. The van der Waals surface area contributed by atoms with Crippen LogP contribution in [0, 0.1) is 4.91 Å². The summed E-state index contributed by atoms with van der Waals surface area (Å²) in [5, 5.41) is 11.5. The number of carbonyl (C=O) groups is 3. The van der Waals surface area contributed by atoms with E-state index in [4.69, 9.17) is 14.7 Å². The number of rotatable bonds is 11. The second-order valence-corrected chi connectivity index (χ2v) is 10.4. The van der Waals surface area contributed by atoms with Crippen molar-refractivity contribution in [3.8, 4) is 5.75 Å². The van der Waals surface area contributed by atoms with Gasteiger partial charge in [-0.15, -0.1) is 0 Å². The average molecular weight is 585 g/mol. The topological polar surface area (TPSA) is 141 Å². The van der Waals surface area contributed by atoms with Gasteiger partial charge in [-0.3, -0.25) is 14.5 Å². The first-order valence-electron chi connectivity index (χ1n) is 14.3. The zero-order valence-corrected chi connectivity index (χ0v) is 24.5. The Balaban J connectivity index is 0.000000603. The molecule has 228 valence electrons. The van der Waals surface area contributed by atoms with Crippen LogP contribution in [0.1, 0.15) is 45.6 Å². The molecule has 2 atom stereocenters. The summed E-state index contributed by atoms with van der Waals surface area (Å²) < 4.78 is 5.31. The van der Waals surface area contributed by atoms with Gasteiger partial charge in [-0.25, -0.2) is 4.79 Å². The van der Waals surface area contributed by atoms with Crippen LogP contribution in [0.4, 0.5) is 0 Å². The summed E-state index contributed by atoms with van der Waals surface area (Å²) >= 11 is 0. The Bertz CT molecular complexity index is 1180. The zero-order valence-electron chi connectivity index (χ0n) is 24.5. The van der Waals surface area contributed by atoms with Crippen LogP contribution < -0.4 is 10.7 Å². The summed E-state index contributed by atoms with van der Waals surface area (Å²) in [5.41, 5.74) is 2.60. The Hall–Kier alpha value is -4.19. The van der Waals surface area contributed by atoms with Crippen LogP contribution in [-0.2, 0) is 30.5 Å². The molecule has 0 aromatic heterocycles. The van der Waals surface area contributed by atoms with Crippen LogP contribution in [0.3, 0.4) is 0 Å². The first kappa shape index (κ1) is 32.3. The molecule has 2 saturated heterocycles. The Labute approximate surface area is 246 Å². The molecule has 2 aromatic carbocycles. The molecular formula is C30H42N5O7+. The highest BCUT2D eigenvalue weighted by atomic mass is 16.8. The van der Waals surface area contributed by atoms with Crippen LogP contribution in [0.2, 0.25) is 0 Å². The summed E-state index contributed by atoms with van der Waals surface area (Å²) in [4.78, 5) is 58.5. The van der Waals surface area contributed by atoms with Gasteiger partial charge in [0.05, 0.1) is 0 Å². The fraction of sp³-hybridized carbons (Fsp3) is 0.500. The molecule has 2 amide bonds. The lowest BCUT2D eigenvalue weighted by atomic mass is 9.91. The monoisotopic (exact) mass is 584 g/mol. The number of para-hydroxylation sites is 1. The van der Waals surface area contributed by atoms with Crippen molar-refractivity contribution in [3.63, 3.8) is 0 Å². The molecule has 0 radical (unpaired) electrons. The number of benzene rings is 2. The Morgan fingerprint density at radius 1 is 1.07 bits per heavy atom. The van der Waals surface area contributed by atoms with Crippen LogP contribution in [0.25, 0.3) is 0 Å². The van der Waals surface area contributed by atoms with Crippen molar-refractivity contribution in [3.05, 3.63) is 71.1 Å². The lowest BCUT2D eigenvalue weighted by molar-refractivity contribution is -0.842. The molecule has 2 heterocycles. The quantitative estimate of drug-likeness (QED) is 0.268. The van der Waals surface area contributed by atoms with E-state index < -0.39 is 30.1 Å². The molecule has 2 aliphatic rings. The van der Waals surface area contributed by atoms with E-state index in [1.54, 1.807) is 29.2 Å². The molecule has 2 aliphatic heterocycles. The lowest BCUT2D eigenvalue weighted by Gasteiger charge is -2.47. The van der Waals surface area contributed by atoms with Gasteiger partial charge in [-0.1, -0.05) is 67.8 Å². The Morgan fingerprint density at radius 3 is 2.26 bits per heavy atom. The van der Waals surface area contributed by atoms with Gasteiger partial charge >= 0.3 is 11.0 Å². The number of amides is 2. The first-order valence-corrected chi connectivity index (χ1v) is 14.3. The number of phenols is 1. The third-order valence-corrected chi connectivity index (χ3v) is 7.42. The van der Waals surface area contributed by atoms with Gasteiger partial charge in [0.15, 0.2) is 6.04 Å². The predicted molar refractivity (Wildman–Crippen MR) is 155 cm³/mol. The van der Waals surface area contributed by atoms with Crippen molar-refractivity contribution in [2.24, 2.45) is 0 Å². The van der Waals surface area contributed by atoms with E-state index in [9.17, 15) is 19.3 Å². The molecule has 12 heteroatoms. The standard InChI is InChI=1S/C24H35N5O6.C6H6O/c1-4-20(5-2)35-22(31)18(3)26-29(33)34-16-21(30)27-13-14-28(15-19-9-7-6-8-10-19)24(17-27)11-12-25-23(24)32;7-6-4-2-1-3-5-6/h6-10,18,20H,4-5,11-17H2,1-3H3,(H-,25,26,32,33);1-5,7H/p+1. The zero-order chi connectivity index (χ0) is 30.5. The summed E-state index contributed by atoms with van der Waals surface area (Å²) in [6.07, 6.45) is 1.74. The van der Waals surface area contributed by atoms with E-state index in [0.717, 1.165) is 5.56 Å². The lowest BCUT2D eigenvalue weighted by Crippen LogP contribution is -2.66. The Kier molecular flexibility index (Phi) is 12.1. The third kappa shape index (κ3) is 8.90. The molecule has 0 aliphatic carbocycles. The van der Waals surface area contributed by atoms with Crippen LogP contribution in [0.5, 0.6) is 5.75 Å². The molecule has 4 rings (SSSR count). The summed E-state index contributed by atoms with van der Waals surface area (Å²) in [7, 11) is 0. The normalized spacial score (nSPS) is 19.0. The van der Waals surface area contributed by atoms with E-state index in [2.05, 4.69) is 15.6 Å². The molecule has 42 heavy (non-hydrogen) atoms. The number of phenolic OH excluding ortho intramolecular Hbond substituents is 1. The number of nitrogens with zero attached hydrogens (tertiary/aromatic N) is 3. The van der Waals surface area contributed by atoms with Crippen LogP contribution in [-0.4, -0.2) is 88.2 Å². The number of ether oxygens (including phenoxy) is 1. The highest BCUT2D eigenvalue weighted by molar-refractivity contribution is 5.90. The molecule has 1 spiro atoms. The van der Waals surface area contributed by atoms with E-state index in [-0.39, 0.29) is 23.6 Å². The number of aromatic hydroxyl groups is 1. The van der Waals surface area contributed by atoms with Gasteiger partial charge in [0.2, 0.25) is 12.5 Å². The molecule has 2 unspecified atom stereocenters. The maximum absolute atomic E-state index is 12.9. The first-order chi connectivity index (χ1) is 20.2. The minimum Gasteiger partial charge on any atom is -0.508 e. The third-order valence-electron chi connectivity index (χ3n) is 7.42. The van der Waals surface area contributed by atoms with Gasteiger partial charge in [-0.05, 0) is 43.9 Å². The van der Waals surface area contributed by atoms with Gasteiger partial charge in [0, 0.05) is 32.7 Å². The Morgan fingerprint density at radius 2 is 1.71 bits per heavy atom. The molecule has 3 N–H and O–H groups in total. The SMILES string of the molecule is CCC(CC)OC(=O)C(C)N[N+](=O)OCC(=O)N1CCN(Cc2ccccc2)C2(CCNC2=O)C1.Oc1ccccc1. The fourth-order valence-electron chi connectivity index (χ4n) is 4.91. The van der Waals surface area contributed by atoms with Gasteiger partial charge in [0.1, 0.15) is 22.3 Å². The second-order valence-electron chi connectivity index (χ2n) is 10.4. The predicted octanol–water partition coefficient (Wildman–Crippen LogP) is 2.32. The van der Waals surface area contributed by atoms with Crippen LogP contribution >= 0.6 is 0 Å². The van der Waals surface area contributed by atoms with Gasteiger partial charge in [0.25, 0.3) is 5.91 Å². The highest BCUT2D eigenvalue weighted by Gasteiger charge is 2.51. The fourth-order valence-corrected chi connectivity index (χ4v) is 4.91. The van der Waals surface area contributed by atoms with Gasteiger partial charge in [-0.2, -0.15) is 4.84 Å². The molecule has 12 nitrogen and oxygen atoms in total. The van der Waals surface area contributed by atoms with Crippen molar-refractivity contribution < 1.29 is 34.1 Å². The van der Waals surface area contributed by atoms with Gasteiger partial charge < -0.3 is 20.1 Å². The molecular weight excluding hydrogens is 542 g/mol. The summed E-state index contributed by atoms with van der Waals surface area (Å²) in [6.45, 7) is 7.10. The summed E-state index contributed by atoms with van der Waals surface area (Å²) in [5.74, 6) is -0.747. The molecule has 0 bridgehead atoms. The number of esters is 1. The highest BCUT2D eigenvalue weighted by Crippen LogP contribution is 2.30. The van der Waals surface area contributed by atoms with Crippen molar-refractivity contribution in [2.75, 3.05) is 32.8 Å². The largest absolute Gasteiger partial charge is 0.508 e. The van der Waals surface area contributed by atoms with E-state index in [1.807, 2.05) is 50.2 Å².